The molecule has 1 atom stereocenters. The first-order valence-electron chi connectivity index (χ1n) is 10.7. The van der Waals surface area contributed by atoms with Gasteiger partial charge < -0.3 is 14.6 Å². The van der Waals surface area contributed by atoms with Crippen LogP contribution in [0.1, 0.15) is 43.9 Å². The van der Waals surface area contributed by atoms with E-state index in [1.165, 1.54) is 6.20 Å². The summed E-state index contributed by atoms with van der Waals surface area (Å²) in [6.07, 6.45) is 7.06. The number of nitrogens with zero attached hydrogens (tertiary/aromatic N) is 6. The molecule has 5 heterocycles. The largest absolute Gasteiger partial charge is 0.382 e. The first-order chi connectivity index (χ1) is 15.6. The van der Waals surface area contributed by atoms with Crippen LogP contribution in [-0.2, 0) is 4.74 Å². The first kappa shape index (κ1) is 20.2. The third kappa shape index (κ3) is 3.81. The van der Waals surface area contributed by atoms with E-state index in [0.717, 1.165) is 41.8 Å². The van der Waals surface area contributed by atoms with Gasteiger partial charge in [0.25, 0.3) is 0 Å². The van der Waals surface area contributed by atoms with Crippen LogP contribution in [0, 0.1) is 11.3 Å². The van der Waals surface area contributed by atoms with Gasteiger partial charge in [0.1, 0.15) is 6.07 Å². The molecule has 0 saturated carbocycles. The molecule has 4 aromatic heterocycles. The Hall–Kier alpha value is -3.77. The second-order valence-corrected chi connectivity index (χ2v) is 8.22. The van der Waals surface area contributed by atoms with Crippen molar-refractivity contribution in [2.45, 2.75) is 38.6 Å². The monoisotopic (exact) mass is 429 g/mol. The topological polar surface area (TPSA) is 115 Å². The number of rotatable bonds is 5. The number of nitrogens with one attached hydrogen (secondary N) is 1. The quantitative estimate of drug-likeness (QED) is 0.505. The van der Waals surface area contributed by atoms with Gasteiger partial charge in [-0.15, -0.1) is 0 Å². The fourth-order valence-corrected chi connectivity index (χ4v) is 3.92. The van der Waals surface area contributed by atoms with E-state index in [2.05, 4.69) is 45.5 Å². The van der Waals surface area contributed by atoms with Crippen LogP contribution in [0.2, 0.25) is 0 Å². The summed E-state index contributed by atoms with van der Waals surface area (Å²) in [4.78, 5) is 9.01. The Kier molecular flexibility index (Phi) is 5.29. The second kappa shape index (κ2) is 8.40. The molecule has 5 rings (SSSR count). The highest BCUT2D eigenvalue weighted by atomic mass is 16.5. The maximum Gasteiger partial charge on any atom is 0.170 e. The van der Waals surface area contributed by atoms with Gasteiger partial charge in [-0.2, -0.15) is 15.0 Å². The van der Waals surface area contributed by atoms with E-state index < -0.39 is 0 Å². The van der Waals surface area contributed by atoms with Gasteiger partial charge in [-0.3, -0.25) is 0 Å². The van der Waals surface area contributed by atoms with Crippen molar-refractivity contribution in [3.05, 3.63) is 48.0 Å². The number of ether oxygens (including phenoxy) is 1. The lowest BCUT2D eigenvalue weighted by Crippen LogP contribution is -2.15. The van der Waals surface area contributed by atoms with Crippen LogP contribution in [0.25, 0.3) is 28.2 Å². The molecule has 1 aliphatic rings. The van der Waals surface area contributed by atoms with Crippen LogP contribution in [0.5, 0.6) is 0 Å². The molecule has 1 unspecified atom stereocenters. The minimum Gasteiger partial charge on any atom is -0.382 e. The van der Waals surface area contributed by atoms with E-state index in [0.29, 0.717) is 29.4 Å². The summed E-state index contributed by atoms with van der Waals surface area (Å²) in [5, 5.41) is 22.1. The van der Waals surface area contributed by atoms with E-state index >= 15 is 0 Å². The molecule has 1 fully saturated rings. The smallest absolute Gasteiger partial charge is 0.170 e. The van der Waals surface area contributed by atoms with Crippen LogP contribution < -0.4 is 5.32 Å². The zero-order valence-electron chi connectivity index (χ0n) is 17.9. The molecular formula is C23H23N7O2. The zero-order chi connectivity index (χ0) is 22.1. The third-order valence-electron chi connectivity index (χ3n) is 5.46. The number of aromatic nitrogens is 5. The van der Waals surface area contributed by atoms with Gasteiger partial charge in [0.15, 0.2) is 17.2 Å². The van der Waals surface area contributed by atoms with Gasteiger partial charge in [-0.1, -0.05) is 5.16 Å². The minimum absolute atomic E-state index is 0.198. The number of hydrogen-bond acceptors (Lipinski definition) is 8. The lowest BCUT2D eigenvalue weighted by atomic mass is 9.98. The average molecular weight is 429 g/mol. The van der Waals surface area contributed by atoms with Crippen molar-refractivity contribution in [1.82, 2.24) is 24.9 Å². The number of hydrogen-bond donors (Lipinski definition) is 1. The molecule has 1 N–H and O–H groups in total. The normalized spacial score (nSPS) is 16.4. The molecule has 0 spiro atoms. The molecule has 0 aromatic carbocycles. The predicted molar refractivity (Wildman–Crippen MR) is 118 cm³/mol. The number of pyridine rings is 2. The summed E-state index contributed by atoms with van der Waals surface area (Å²) < 4.78 is 13.0. The SMILES string of the molecule is CC(C)Nc1cc(-n2ncc3cc(C#N)cnc32)ncc1-c1cc(C2CCCOC2)no1. The van der Waals surface area contributed by atoms with Gasteiger partial charge in [-0.05, 0) is 32.8 Å². The standard InChI is InChI=1S/C23H23N7O2/c1-14(2)28-20-8-22(30-23-17(11-27-30)6-15(9-24)10-26-23)25-12-18(20)21-7-19(29-32-21)16-4-3-5-31-13-16/h6-8,10-12,14,16H,3-5,13H2,1-2H3,(H,25,28). The number of nitriles is 1. The van der Waals surface area contributed by atoms with Crippen molar-refractivity contribution in [3.8, 4) is 23.2 Å². The molecule has 0 bridgehead atoms. The zero-order valence-corrected chi connectivity index (χ0v) is 17.9. The fourth-order valence-electron chi connectivity index (χ4n) is 3.92. The molecular weight excluding hydrogens is 406 g/mol. The molecule has 9 nitrogen and oxygen atoms in total. The van der Waals surface area contributed by atoms with Crippen molar-refractivity contribution in [2.75, 3.05) is 18.5 Å². The van der Waals surface area contributed by atoms with Crippen LogP contribution in [0.4, 0.5) is 5.69 Å². The summed E-state index contributed by atoms with van der Waals surface area (Å²) in [7, 11) is 0. The summed E-state index contributed by atoms with van der Waals surface area (Å²) in [6, 6.07) is 7.97. The molecule has 0 amide bonds. The average Bonchev–Trinajstić information content (AvgIpc) is 3.46. The molecule has 4 aromatic rings. The third-order valence-corrected chi connectivity index (χ3v) is 5.46. The summed E-state index contributed by atoms with van der Waals surface area (Å²) in [6.45, 7) is 5.63. The van der Waals surface area contributed by atoms with Crippen molar-refractivity contribution in [3.63, 3.8) is 0 Å². The van der Waals surface area contributed by atoms with Crippen molar-refractivity contribution >= 4 is 16.7 Å². The summed E-state index contributed by atoms with van der Waals surface area (Å²) >= 11 is 0. The van der Waals surface area contributed by atoms with E-state index in [1.807, 2.05) is 12.1 Å². The molecule has 9 heteroatoms. The summed E-state index contributed by atoms with van der Waals surface area (Å²) in [5.41, 5.74) is 3.74. The van der Waals surface area contributed by atoms with Gasteiger partial charge in [0.05, 0.1) is 35.3 Å². The highest BCUT2D eigenvalue weighted by molar-refractivity contribution is 5.79. The van der Waals surface area contributed by atoms with Crippen molar-refractivity contribution in [1.29, 1.82) is 5.26 Å². The first-order valence-corrected chi connectivity index (χ1v) is 10.7. The van der Waals surface area contributed by atoms with Gasteiger partial charge in [0.2, 0.25) is 0 Å². The van der Waals surface area contributed by atoms with Crippen molar-refractivity contribution < 1.29 is 9.26 Å². The lowest BCUT2D eigenvalue weighted by Gasteiger charge is -2.19. The maximum absolute atomic E-state index is 9.11. The van der Waals surface area contributed by atoms with E-state index in [1.54, 1.807) is 23.1 Å². The van der Waals surface area contributed by atoms with E-state index in [-0.39, 0.29) is 12.0 Å². The van der Waals surface area contributed by atoms with Crippen LogP contribution in [-0.4, -0.2) is 44.2 Å². The second-order valence-electron chi connectivity index (χ2n) is 8.22. The van der Waals surface area contributed by atoms with Gasteiger partial charge in [-0.25, -0.2) is 9.97 Å². The number of anilines is 1. The Morgan fingerprint density at radius 2 is 2.09 bits per heavy atom. The lowest BCUT2D eigenvalue weighted by molar-refractivity contribution is 0.0783. The Labute approximate surface area is 185 Å². The van der Waals surface area contributed by atoms with Crippen LogP contribution in [0.15, 0.2) is 41.3 Å². The van der Waals surface area contributed by atoms with E-state index in [4.69, 9.17) is 14.5 Å². The predicted octanol–water partition coefficient (Wildman–Crippen LogP) is 4.06. The fraction of sp³-hybridized carbons (Fsp3) is 0.348. The Bertz CT molecular complexity index is 1300. The molecule has 1 saturated heterocycles. The number of fused-ring (bicyclic) bond motifs is 1. The van der Waals surface area contributed by atoms with Gasteiger partial charge in [0, 0.05) is 48.5 Å². The highest BCUT2D eigenvalue weighted by Gasteiger charge is 2.22. The Morgan fingerprint density at radius 1 is 1.19 bits per heavy atom. The van der Waals surface area contributed by atoms with Crippen molar-refractivity contribution in [2.24, 2.45) is 0 Å². The van der Waals surface area contributed by atoms with E-state index in [9.17, 15) is 0 Å². The Balaban J connectivity index is 1.53. The molecule has 1 aliphatic heterocycles. The van der Waals surface area contributed by atoms with Gasteiger partial charge >= 0.3 is 0 Å². The Morgan fingerprint density at radius 3 is 2.88 bits per heavy atom. The van der Waals surface area contributed by atoms with Crippen LogP contribution >= 0.6 is 0 Å². The molecule has 32 heavy (non-hydrogen) atoms. The summed E-state index contributed by atoms with van der Waals surface area (Å²) in [5.74, 6) is 1.54. The molecule has 0 radical (unpaired) electrons. The molecule has 0 aliphatic carbocycles. The minimum atomic E-state index is 0.198. The maximum atomic E-state index is 9.11. The van der Waals surface area contributed by atoms with Crippen LogP contribution in [0.3, 0.4) is 0 Å². The highest BCUT2D eigenvalue weighted by Crippen LogP contribution is 2.33. The molecule has 162 valence electrons.